The van der Waals surface area contributed by atoms with Gasteiger partial charge in [0.05, 0.1) is 13.2 Å². The summed E-state index contributed by atoms with van der Waals surface area (Å²) in [6.45, 7) is 5.41. The molecule has 0 fully saturated rings. The quantitative estimate of drug-likeness (QED) is 0.220. The zero-order valence-electron chi connectivity index (χ0n) is 12.5. The monoisotopic (exact) mass is 370 g/mol. The van der Waals surface area contributed by atoms with E-state index in [0.29, 0.717) is 0 Å². The van der Waals surface area contributed by atoms with Gasteiger partial charge in [0.2, 0.25) is 5.83 Å². The second-order valence-electron chi connectivity index (χ2n) is 4.01. The first-order chi connectivity index (χ1) is 10.4. The van der Waals surface area contributed by atoms with Crippen molar-refractivity contribution in [1.29, 1.82) is 0 Å². The smallest absolute Gasteiger partial charge is 0.406 e. The van der Waals surface area contributed by atoms with Crippen LogP contribution in [0.5, 0.6) is 0 Å². The van der Waals surface area contributed by atoms with E-state index in [4.69, 9.17) is 0 Å². The van der Waals surface area contributed by atoms with Crippen LogP contribution in [0.2, 0.25) is 0 Å². The summed E-state index contributed by atoms with van der Waals surface area (Å²) in [7, 11) is -4.52. The Morgan fingerprint density at radius 3 is 1.96 bits per heavy atom. The molecule has 0 saturated heterocycles. The van der Waals surface area contributed by atoms with Gasteiger partial charge in [0.25, 0.3) is 0 Å². The molecule has 0 atom stereocenters. The molecule has 0 N–H and O–H groups in total. The lowest BCUT2D eigenvalue weighted by atomic mass is 10.2. The lowest BCUT2D eigenvalue weighted by Crippen LogP contribution is -2.37. The number of hydrogen-bond acceptors (Lipinski definition) is 4. The van der Waals surface area contributed by atoms with E-state index in [-0.39, 0.29) is 19.6 Å². The van der Waals surface area contributed by atoms with Crippen molar-refractivity contribution in [1.82, 2.24) is 0 Å². The molecule has 0 aromatic carbocycles. The highest BCUT2D eigenvalue weighted by atomic mass is 31.2. The van der Waals surface area contributed by atoms with Crippen LogP contribution in [0.15, 0.2) is 24.2 Å². The van der Waals surface area contributed by atoms with E-state index in [1.54, 1.807) is 0 Å². The van der Waals surface area contributed by atoms with Crippen LogP contribution in [-0.2, 0) is 18.1 Å². The molecule has 0 rings (SSSR count). The van der Waals surface area contributed by atoms with Crippen LogP contribution in [0.4, 0.5) is 26.3 Å². The minimum atomic E-state index is -6.18. The van der Waals surface area contributed by atoms with Crippen LogP contribution in [0, 0.1) is 0 Å². The second-order valence-corrected chi connectivity index (χ2v) is 5.60. The van der Waals surface area contributed by atoms with E-state index in [0.717, 1.165) is 6.08 Å². The minimum Gasteiger partial charge on any atom is -0.406 e. The molecule has 0 aromatic heterocycles. The average molecular weight is 370 g/mol. The topological polar surface area (TPSA) is 44.8 Å². The SMILES string of the molecule is C=CCC/C(OP(=O)(OCC)OCC)=C(\F)C(F)(F)C(F)(F)F. The molecule has 0 heterocycles. The molecule has 136 valence electrons. The molecule has 0 saturated carbocycles. The van der Waals surface area contributed by atoms with Crippen molar-refractivity contribution in [3.05, 3.63) is 24.2 Å². The Morgan fingerprint density at radius 2 is 1.61 bits per heavy atom. The largest absolute Gasteiger partial charge is 0.529 e. The first-order valence-corrected chi connectivity index (χ1v) is 7.94. The van der Waals surface area contributed by atoms with Crippen molar-refractivity contribution < 1.29 is 44.5 Å². The maximum absolute atomic E-state index is 13.7. The summed E-state index contributed by atoms with van der Waals surface area (Å²) in [5.74, 6) is -10.2. The first kappa shape index (κ1) is 22.0. The highest BCUT2D eigenvalue weighted by Crippen LogP contribution is 2.54. The average Bonchev–Trinajstić information content (AvgIpc) is 2.41. The second kappa shape index (κ2) is 8.75. The van der Waals surface area contributed by atoms with Crippen LogP contribution in [0.3, 0.4) is 0 Å². The molecule has 0 amide bonds. The normalized spacial score (nSPS) is 14.4. The molecule has 0 aliphatic carbocycles. The lowest BCUT2D eigenvalue weighted by Gasteiger charge is -2.23. The summed E-state index contributed by atoms with van der Waals surface area (Å²) in [6.07, 6.45) is -5.98. The van der Waals surface area contributed by atoms with Crippen LogP contribution in [-0.4, -0.2) is 25.3 Å². The Labute approximate surface area is 129 Å². The van der Waals surface area contributed by atoms with Crippen LogP contribution in [0.25, 0.3) is 0 Å². The van der Waals surface area contributed by atoms with Crippen LogP contribution >= 0.6 is 7.82 Å². The number of phosphoric acid groups is 1. The molecule has 23 heavy (non-hydrogen) atoms. The van der Waals surface area contributed by atoms with E-state index in [2.05, 4.69) is 20.2 Å². The Balaban J connectivity index is 5.79. The number of phosphoric ester groups is 1. The van der Waals surface area contributed by atoms with Crippen molar-refractivity contribution in [2.75, 3.05) is 13.2 Å². The summed E-state index contributed by atoms with van der Waals surface area (Å²) < 4.78 is 102. The highest BCUT2D eigenvalue weighted by molar-refractivity contribution is 7.48. The van der Waals surface area contributed by atoms with Gasteiger partial charge in [-0.25, -0.2) is 8.96 Å². The number of hydrogen-bond donors (Lipinski definition) is 0. The third-order valence-corrected chi connectivity index (χ3v) is 3.84. The van der Waals surface area contributed by atoms with Gasteiger partial charge in [0, 0.05) is 6.42 Å². The summed E-state index contributed by atoms with van der Waals surface area (Å²) in [5, 5.41) is 0. The van der Waals surface area contributed by atoms with Gasteiger partial charge in [-0.05, 0) is 20.3 Å². The molecule has 11 heteroatoms. The predicted molar refractivity (Wildman–Crippen MR) is 70.5 cm³/mol. The zero-order valence-corrected chi connectivity index (χ0v) is 13.4. The van der Waals surface area contributed by atoms with E-state index >= 15 is 0 Å². The summed E-state index contributed by atoms with van der Waals surface area (Å²) >= 11 is 0. The summed E-state index contributed by atoms with van der Waals surface area (Å²) in [4.78, 5) is 0. The molecule has 0 bridgehead atoms. The Hall–Kier alpha value is -0.990. The molecule has 0 aliphatic rings. The van der Waals surface area contributed by atoms with Gasteiger partial charge >= 0.3 is 19.9 Å². The van der Waals surface area contributed by atoms with Gasteiger partial charge in [-0.1, -0.05) is 6.08 Å². The van der Waals surface area contributed by atoms with E-state index in [1.807, 2.05) is 0 Å². The van der Waals surface area contributed by atoms with Crippen molar-refractivity contribution in [2.24, 2.45) is 0 Å². The van der Waals surface area contributed by atoms with Crippen LogP contribution < -0.4 is 0 Å². The Kier molecular flexibility index (Phi) is 8.37. The van der Waals surface area contributed by atoms with Crippen LogP contribution in [0.1, 0.15) is 26.7 Å². The number of alkyl halides is 5. The molecule has 0 spiro atoms. The van der Waals surface area contributed by atoms with E-state index < -0.39 is 37.9 Å². The standard InChI is InChI=1S/C12H17F6O4P/c1-4-7-8-9(10(13)11(14,15)12(16,17)18)22-23(19,20-5-2)21-6-3/h4H,1,5-8H2,2-3H3/b10-9+. The molecule has 0 radical (unpaired) electrons. The van der Waals surface area contributed by atoms with Crippen molar-refractivity contribution in [3.63, 3.8) is 0 Å². The van der Waals surface area contributed by atoms with Crippen molar-refractivity contribution in [3.8, 4) is 0 Å². The maximum Gasteiger partial charge on any atom is 0.529 e. The number of rotatable bonds is 10. The number of allylic oxidation sites excluding steroid dienone is 3. The van der Waals surface area contributed by atoms with Gasteiger partial charge < -0.3 is 4.52 Å². The van der Waals surface area contributed by atoms with Gasteiger partial charge in [-0.2, -0.15) is 22.0 Å². The maximum atomic E-state index is 13.7. The van der Waals surface area contributed by atoms with Crippen molar-refractivity contribution in [2.45, 2.75) is 38.8 Å². The summed E-state index contributed by atoms with van der Waals surface area (Å²) in [6, 6.07) is 0. The Morgan fingerprint density at radius 1 is 1.13 bits per heavy atom. The Bertz CT molecular complexity index is 465. The van der Waals surface area contributed by atoms with E-state index in [1.165, 1.54) is 13.8 Å². The zero-order chi connectivity index (χ0) is 18.3. The minimum absolute atomic E-state index is 0.199. The third-order valence-electron chi connectivity index (χ3n) is 2.25. The summed E-state index contributed by atoms with van der Waals surface area (Å²) in [5.41, 5.74) is 0. The van der Waals surface area contributed by atoms with Gasteiger partial charge in [-0.15, -0.1) is 6.58 Å². The van der Waals surface area contributed by atoms with Gasteiger partial charge in [-0.3, -0.25) is 9.05 Å². The lowest BCUT2D eigenvalue weighted by molar-refractivity contribution is -0.271. The highest BCUT2D eigenvalue weighted by Gasteiger charge is 2.62. The molecule has 0 aromatic rings. The molecular weight excluding hydrogens is 353 g/mol. The number of halogens is 6. The molecular formula is C12H17F6O4P. The molecule has 0 unspecified atom stereocenters. The molecule has 4 nitrogen and oxygen atoms in total. The van der Waals surface area contributed by atoms with E-state index in [9.17, 15) is 30.9 Å². The molecule has 0 aliphatic heterocycles. The fourth-order valence-electron chi connectivity index (χ4n) is 1.27. The first-order valence-electron chi connectivity index (χ1n) is 6.48. The van der Waals surface area contributed by atoms with Crippen molar-refractivity contribution >= 4 is 7.82 Å². The fourth-order valence-corrected chi connectivity index (χ4v) is 2.52. The fraction of sp³-hybridized carbons (Fsp3) is 0.667. The predicted octanol–water partition coefficient (Wildman–Crippen LogP) is 5.53. The van der Waals surface area contributed by atoms with Gasteiger partial charge in [0.1, 0.15) is 5.76 Å². The van der Waals surface area contributed by atoms with Gasteiger partial charge in [0.15, 0.2) is 0 Å². The third kappa shape index (κ3) is 6.19.